The summed E-state index contributed by atoms with van der Waals surface area (Å²) in [6.45, 7) is 0. The highest BCUT2D eigenvalue weighted by Gasteiger charge is 2.12. The molecule has 2 aromatic rings. The Balaban J connectivity index is 2.33. The molecule has 0 aliphatic heterocycles. The zero-order valence-corrected chi connectivity index (χ0v) is 12.1. The third kappa shape index (κ3) is 3.35. The molecule has 106 valence electrons. The Morgan fingerprint density at radius 3 is 2.67 bits per heavy atom. The van der Waals surface area contributed by atoms with Gasteiger partial charge in [0, 0.05) is 29.1 Å². The highest BCUT2D eigenvalue weighted by atomic mass is 79.9. The number of alkyl halides is 1. The smallest absolute Gasteiger partial charge is 0.270 e. The first kappa shape index (κ1) is 14.9. The first-order valence-corrected chi connectivity index (χ1v) is 6.88. The number of rotatable bonds is 4. The number of nitro benzene ring substituents is 1. The lowest BCUT2D eigenvalue weighted by molar-refractivity contribution is -0.384. The Bertz CT molecular complexity index is 743. The number of hydrogen-bond donors (Lipinski definition) is 0. The molecule has 0 fully saturated rings. The summed E-state index contributed by atoms with van der Waals surface area (Å²) in [6, 6.07) is 9.72. The Morgan fingerprint density at radius 1 is 1.33 bits per heavy atom. The van der Waals surface area contributed by atoms with Crippen LogP contribution in [0.4, 0.5) is 10.1 Å². The topological polar surface area (TPSA) is 76.2 Å². The summed E-state index contributed by atoms with van der Waals surface area (Å²) in [5, 5.41) is 19.7. The van der Waals surface area contributed by atoms with Crippen LogP contribution < -0.4 is 4.74 Å². The number of ether oxygens (including phenoxy) is 1. The van der Waals surface area contributed by atoms with E-state index in [1.54, 1.807) is 6.07 Å². The zero-order chi connectivity index (χ0) is 15.4. The van der Waals surface area contributed by atoms with Crippen molar-refractivity contribution in [3.05, 3.63) is 63.5 Å². The van der Waals surface area contributed by atoms with Gasteiger partial charge in [-0.25, -0.2) is 4.39 Å². The molecule has 21 heavy (non-hydrogen) atoms. The monoisotopic (exact) mass is 350 g/mol. The predicted molar refractivity (Wildman–Crippen MR) is 76.9 cm³/mol. The van der Waals surface area contributed by atoms with E-state index in [1.165, 1.54) is 30.3 Å². The fraction of sp³-hybridized carbons (Fsp3) is 0.0714. The minimum Gasteiger partial charge on any atom is -0.457 e. The minimum absolute atomic E-state index is 0.0530. The maximum atomic E-state index is 13.5. The van der Waals surface area contributed by atoms with E-state index >= 15 is 0 Å². The van der Waals surface area contributed by atoms with Gasteiger partial charge in [-0.05, 0) is 18.2 Å². The lowest BCUT2D eigenvalue weighted by Gasteiger charge is -2.09. The number of nitro groups is 1. The van der Waals surface area contributed by atoms with Crippen LogP contribution in [0, 0.1) is 27.3 Å². The Kier molecular flexibility index (Phi) is 4.50. The van der Waals surface area contributed by atoms with E-state index in [0.29, 0.717) is 16.6 Å². The standard InChI is InChI=1S/C14H8BrFN2O3/c15-7-10-5-11(18(19)20)2-4-14(10)21-12-3-1-9(8-17)13(16)6-12/h1-6H,7H2. The maximum Gasteiger partial charge on any atom is 0.270 e. The zero-order valence-electron chi connectivity index (χ0n) is 10.5. The quantitative estimate of drug-likeness (QED) is 0.468. The molecule has 5 nitrogen and oxygen atoms in total. The Labute approximate surface area is 127 Å². The number of non-ortho nitro benzene ring substituents is 1. The molecule has 0 aliphatic carbocycles. The molecule has 0 aromatic heterocycles. The summed E-state index contributed by atoms with van der Waals surface area (Å²) in [4.78, 5) is 10.2. The van der Waals surface area contributed by atoms with Crippen molar-refractivity contribution in [1.29, 1.82) is 5.26 Å². The molecular weight excluding hydrogens is 343 g/mol. The van der Waals surface area contributed by atoms with E-state index in [-0.39, 0.29) is 17.0 Å². The van der Waals surface area contributed by atoms with Crippen LogP contribution in [0.25, 0.3) is 0 Å². The van der Waals surface area contributed by atoms with Crippen LogP contribution in [0.3, 0.4) is 0 Å². The molecule has 0 saturated carbocycles. The minimum atomic E-state index is -0.683. The van der Waals surface area contributed by atoms with Gasteiger partial charge in [0.05, 0.1) is 10.5 Å². The van der Waals surface area contributed by atoms with Crippen molar-refractivity contribution in [2.75, 3.05) is 0 Å². The molecular formula is C14H8BrFN2O3. The van der Waals surface area contributed by atoms with Crippen LogP contribution >= 0.6 is 15.9 Å². The normalized spacial score (nSPS) is 9.95. The third-order valence-corrected chi connectivity index (χ3v) is 3.29. The van der Waals surface area contributed by atoms with Crippen LogP contribution in [0.15, 0.2) is 36.4 Å². The second-order valence-corrected chi connectivity index (χ2v) is 4.60. The van der Waals surface area contributed by atoms with Crippen LogP contribution in [-0.2, 0) is 5.33 Å². The third-order valence-electron chi connectivity index (χ3n) is 2.69. The van der Waals surface area contributed by atoms with Gasteiger partial charge in [0.1, 0.15) is 23.4 Å². The second kappa shape index (κ2) is 6.33. The van der Waals surface area contributed by atoms with Gasteiger partial charge in [-0.15, -0.1) is 0 Å². The molecule has 7 heteroatoms. The van der Waals surface area contributed by atoms with Gasteiger partial charge in [-0.1, -0.05) is 15.9 Å². The molecule has 0 bridgehead atoms. The lowest BCUT2D eigenvalue weighted by atomic mass is 10.2. The molecule has 0 amide bonds. The average Bonchev–Trinajstić information content (AvgIpc) is 2.47. The molecule has 0 heterocycles. The molecule has 0 atom stereocenters. The molecule has 0 spiro atoms. The summed E-state index contributed by atoms with van der Waals surface area (Å²) in [5.41, 5.74) is 0.434. The highest BCUT2D eigenvalue weighted by molar-refractivity contribution is 9.08. The van der Waals surface area contributed by atoms with E-state index in [4.69, 9.17) is 10.00 Å². The van der Waals surface area contributed by atoms with E-state index in [0.717, 1.165) is 6.07 Å². The molecule has 0 radical (unpaired) electrons. The fourth-order valence-corrected chi connectivity index (χ4v) is 2.10. The summed E-state index contributed by atoms with van der Waals surface area (Å²) in [5.74, 6) is -0.0959. The van der Waals surface area contributed by atoms with Gasteiger partial charge in [0.15, 0.2) is 0 Å². The number of benzene rings is 2. The Morgan fingerprint density at radius 2 is 2.10 bits per heavy atom. The maximum absolute atomic E-state index is 13.5. The van der Waals surface area contributed by atoms with Crippen LogP contribution in [0.5, 0.6) is 11.5 Å². The van der Waals surface area contributed by atoms with Crippen LogP contribution in [0.2, 0.25) is 0 Å². The fourth-order valence-electron chi connectivity index (χ4n) is 1.66. The van der Waals surface area contributed by atoms with E-state index in [9.17, 15) is 14.5 Å². The summed E-state index contributed by atoms with van der Waals surface area (Å²) < 4.78 is 19.0. The molecule has 0 unspecified atom stereocenters. The highest BCUT2D eigenvalue weighted by Crippen LogP contribution is 2.30. The Hall–Kier alpha value is -2.46. The van der Waals surface area contributed by atoms with Crippen LogP contribution in [-0.4, -0.2) is 4.92 Å². The number of nitrogens with zero attached hydrogens (tertiary/aromatic N) is 2. The summed E-state index contributed by atoms with van der Waals surface area (Å²) >= 11 is 3.22. The predicted octanol–water partition coefficient (Wildman–Crippen LogP) is 4.29. The first-order chi connectivity index (χ1) is 10.0. The van der Waals surface area contributed by atoms with Crippen molar-refractivity contribution in [2.24, 2.45) is 0 Å². The number of nitriles is 1. The largest absolute Gasteiger partial charge is 0.457 e. The average molecular weight is 351 g/mol. The van der Waals surface area contributed by atoms with Crippen molar-refractivity contribution in [2.45, 2.75) is 5.33 Å². The van der Waals surface area contributed by atoms with Gasteiger partial charge in [0.25, 0.3) is 5.69 Å². The van der Waals surface area contributed by atoms with E-state index < -0.39 is 10.7 Å². The van der Waals surface area contributed by atoms with Gasteiger partial charge < -0.3 is 4.74 Å². The molecule has 0 N–H and O–H groups in total. The van der Waals surface area contributed by atoms with E-state index in [1.807, 2.05) is 0 Å². The molecule has 0 aliphatic rings. The van der Waals surface area contributed by atoms with Gasteiger partial charge >= 0.3 is 0 Å². The van der Waals surface area contributed by atoms with Crippen LogP contribution in [0.1, 0.15) is 11.1 Å². The lowest BCUT2D eigenvalue weighted by Crippen LogP contribution is -1.94. The van der Waals surface area contributed by atoms with Gasteiger partial charge in [0.2, 0.25) is 0 Å². The number of halogens is 2. The SMILES string of the molecule is N#Cc1ccc(Oc2ccc([N+](=O)[O-])cc2CBr)cc1F. The summed E-state index contributed by atoms with van der Waals surface area (Å²) in [7, 11) is 0. The molecule has 2 rings (SSSR count). The van der Waals surface area contributed by atoms with Gasteiger partial charge in [-0.3, -0.25) is 10.1 Å². The first-order valence-electron chi connectivity index (χ1n) is 5.76. The second-order valence-electron chi connectivity index (χ2n) is 4.04. The van der Waals surface area contributed by atoms with Crippen molar-refractivity contribution in [1.82, 2.24) is 0 Å². The molecule has 2 aromatic carbocycles. The van der Waals surface area contributed by atoms with Crippen molar-refractivity contribution >= 4 is 21.6 Å². The molecule has 0 saturated heterocycles. The van der Waals surface area contributed by atoms with E-state index in [2.05, 4.69) is 15.9 Å². The van der Waals surface area contributed by atoms with Crippen molar-refractivity contribution < 1.29 is 14.1 Å². The van der Waals surface area contributed by atoms with Crippen molar-refractivity contribution in [3.8, 4) is 17.6 Å². The van der Waals surface area contributed by atoms with Gasteiger partial charge in [-0.2, -0.15) is 5.26 Å². The van der Waals surface area contributed by atoms with Crippen molar-refractivity contribution in [3.63, 3.8) is 0 Å². The number of hydrogen-bond acceptors (Lipinski definition) is 4. The summed E-state index contributed by atoms with van der Waals surface area (Å²) in [6.07, 6.45) is 0.